The number of hydrogen-bond donors (Lipinski definition) is 1. The Labute approximate surface area is 122 Å². The van der Waals surface area contributed by atoms with Crippen molar-refractivity contribution in [3.05, 3.63) is 35.4 Å². The van der Waals surface area contributed by atoms with Gasteiger partial charge in [0.15, 0.2) is 0 Å². The van der Waals surface area contributed by atoms with Crippen molar-refractivity contribution in [3.8, 4) is 0 Å². The normalized spacial score (nSPS) is 19.6. The molecule has 110 valence electrons. The summed E-state index contributed by atoms with van der Waals surface area (Å²) >= 11 is 0. The fourth-order valence-corrected chi connectivity index (χ4v) is 2.75. The Balaban J connectivity index is 2.06. The summed E-state index contributed by atoms with van der Waals surface area (Å²) in [6.07, 6.45) is 2.49. The molecule has 0 fully saturated rings. The van der Waals surface area contributed by atoms with E-state index in [-0.39, 0.29) is 23.4 Å². The van der Waals surface area contributed by atoms with Gasteiger partial charge in [-0.15, -0.1) is 0 Å². The average molecular weight is 274 g/mol. The third-order valence-electron chi connectivity index (χ3n) is 4.47. The van der Waals surface area contributed by atoms with Crippen molar-refractivity contribution < 1.29 is 4.79 Å². The lowest BCUT2D eigenvalue weighted by molar-refractivity contribution is -0.133. The number of fused-ring (bicyclic) bond motifs is 1. The molecule has 0 heterocycles. The summed E-state index contributed by atoms with van der Waals surface area (Å²) < 4.78 is 0. The predicted octanol–water partition coefficient (Wildman–Crippen LogP) is 2.90. The molecular weight excluding hydrogens is 248 g/mol. The molecule has 0 aromatic heterocycles. The summed E-state index contributed by atoms with van der Waals surface area (Å²) in [5.41, 5.74) is 8.77. The molecule has 1 aliphatic carbocycles. The first-order chi connectivity index (χ1) is 9.30. The van der Waals surface area contributed by atoms with Gasteiger partial charge in [-0.3, -0.25) is 4.79 Å². The maximum atomic E-state index is 12.4. The van der Waals surface area contributed by atoms with Crippen molar-refractivity contribution in [2.75, 3.05) is 7.05 Å². The monoisotopic (exact) mass is 274 g/mol. The van der Waals surface area contributed by atoms with Gasteiger partial charge in [0.05, 0.1) is 6.04 Å². The van der Waals surface area contributed by atoms with Crippen molar-refractivity contribution in [2.24, 2.45) is 11.1 Å². The molecule has 2 atom stereocenters. The van der Waals surface area contributed by atoms with E-state index in [2.05, 4.69) is 45.0 Å². The minimum atomic E-state index is -0.103. The predicted molar refractivity (Wildman–Crippen MR) is 82.3 cm³/mol. The van der Waals surface area contributed by atoms with Gasteiger partial charge in [0.2, 0.25) is 5.91 Å². The third-order valence-corrected chi connectivity index (χ3v) is 4.47. The second kappa shape index (κ2) is 5.57. The highest BCUT2D eigenvalue weighted by Crippen LogP contribution is 2.35. The van der Waals surface area contributed by atoms with Crippen LogP contribution >= 0.6 is 0 Å². The van der Waals surface area contributed by atoms with Gasteiger partial charge in [-0.2, -0.15) is 0 Å². The van der Waals surface area contributed by atoms with Gasteiger partial charge in [0.25, 0.3) is 0 Å². The van der Waals surface area contributed by atoms with Gasteiger partial charge in [-0.1, -0.05) is 45.0 Å². The van der Waals surface area contributed by atoms with Crippen LogP contribution in [0.5, 0.6) is 0 Å². The number of nitrogens with zero attached hydrogens (tertiary/aromatic N) is 1. The molecule has 20 heavy (non-hydrogen) atoms. The van der Waals surface area contributed by atoms with Crippen LogP contribution in [-0.4, -0.2) is 23.9 Å². The molecule has 1 aliphatic rings. The fraction of sp³-hybridized carbons (Fsp3) is 0.588. The Kier molecular flexibility index (Phi) is 4.19. The van der Waals surface area contributed by atoms with Gasteiger partial charge in [0.1, 0.15) is 0 Å². The topological polar surface area (TPSA) is 46.3 Å². The smallest absolute Gasteiger partial charge is 0.224 e. The van der Waals surface area contributed by atoms with Gasteiger partial charge in [0, 0.05) is 19.5 Å². The first-order valence-electron chi connectivity index (χ1n) is 7.39. The molecule has 1 amide bonds. The Morgan fingerprint density at radius 1 is 1.40 bits per heavy atom. The fourth-order valence-electron chi connectivity index (χ4n) is 2.75. The molecule has 0 spiro atoms. The molecule has 2 unspecified atom stereocenters. The number of amides is 1. The van der Waals surface area contributed by atoms with Crippen LogP contribution in [0, 0.1) is 5.41 Å². The molecule has 3 heteroatoms. The molecule has 0 saturated carbocycles. The first-order valence-corrected chi connectivity index (χ1v) is 7.39. The maximum absolute atomic E-state index is 12.4. The number of carbonyl (C=O) groups is 1. The van der Waals surface area contributed by atoms with E-state index in [1.54, 1.807) is 0 Å². The van der Waals surface area contributed by atoms with Crippen LogP contribution < -0.4 is 5.73 Å². The molecule has 0 bridgehead atoms. The number of hydrogen-bond acceptors (Lipinski definition) is 2. The average Bonchev–Trinajstić information content (AvgIpc) is 2.80. The molecule has 2 N–H and O–H groups in total. The summed E-state index contributed by atoms with van der Waals surface area (Å²) in [5, 5.41) is 0. The van der Waals surface area contributed by atoms with Gasteiger partial charge >= 0.3 is 0 Å². The maximum Gasteiger partial charge on any atom is 0.224 e. The second-order valence-corrected chi connectivity index (χ2v) is 6.93. The van der Waals surface area contributed by atoms with Crippen LogP contribution in [0.4, 0.5) is 0 Å². The lowest BCUT2D eigenvalue weighted by Crippen LogP contribution is -2.41. The first kappa shape index (κ1) is 15.0. The molecule has 1 aromatic carbocycles. The SMILES string of the molecule is CN(C(=O)CC(N)C(C)(C)C)C1CCc2ccccc21. The summed E-state index contributed by atoms with van der Waals surface area (Å²) in [4.78, 5) is 14.3. The summed E-state index contributed by atoms with van der Waals surface area (Å²) in [6, 6.07) is 8.53. The van der Waals surface area contributed by atoms with Crippen LogP contribution in [0.1, 0.15) is 50.8 Å². The van der Waals surface area contributed by atoms with E-state index in [9.17, 15) is 4.79 Å². The van der Waals surface area contributed by atoms with Crippen LogP contribution in [0.25, 0.3) is 0 Å². The molecule has 1 aromatic rings. The Hall–Kier alpha value is -1.35. The zero-order valence-electron chi connectivity index (χ0n) is 13.0. The summed E-state index contributed by atoms with van der Waals surface area (Å²) in [7, 11) is 1.91. The highest BCUT2D eigenvalue weighted by molar-refractivity contribution is 5.77. The molecule has 3 nitrogen and oxygen atoms in total. The van der Waals surface area contributed by atoms with Gasteiger partial charge in [-0.25, -0.2) is 0 Å². The van der Waals surface area contributed by atoms with Crippen LogP contribution in [-0.2, 0) is 11.2 Å². The Morgan fingerprint density at radius 3 is 2.70 bits per heavy atom. The summed E-state index contributed by atoms with van der Waals surface area (Å²) in [6.45, 7) is 6.24. The van der Waals surface area contributed by atoms with Crippen LogP contribution in [0.15, 0.2) is 24.3 Å². The number of aryl methyl sites for hydroxylation is 1. The number of nitrogens with two attached hydrogens (primary N) is 1. The molecule has 0 aliphatic heterocycles. The van der Waals surface area contributed by atoms with Crippen LogP contribution in [0.2, 0.25) is 0 Å². The molecule has 0 saturated heterocycles. The van der Waals surface area contributed by atoms with E-state index < -0.39 is 0 Å². The van der Waals surface area contributed by atoms with Gasteiger partial charge in [-0.05, 0) is 29.4 Å². The van der Waals surface area contributed by atoms with E-state index in [0.717, 1.165) is 12.8 Å². The zero-order chi connectivity index (χ0) is 14.9. The van der Waals surface area contributed by atoms with E-state index in [4.69, 9.17) is 5.73 Å². The van der Waals surface area contributed by atoms with Gasteiger partial charge < -0.3 is 10.6 Å². The van der Waals surface area contributed by atoms with Crippen molar-refractivity contribution in [1.82, 2.24) is 4.90 Å². The van der Waals surface area contributed by atoms with Crippen molar-refractivity contribution >= 4 is 5.91 Å². The van der Waals surface area contributed by atoms with Crippen molar-refractivity contribution in [3.63, 3.8) is 0 Å². The highest BCUT2D eigenvalue weighted by atomic mass is 16.2. The molecular formula is C17H26N2O. The lowest BCUT2D eigenvalue weighted by Gasteiger charge is -2.31. The quantitative estimate of drug-likeness (QED) is 0.921. The zero-order valence-corrected chi connectivity index (χ0v) is 13.0. The Bertz CT molecular complexity index is 490. The minimum Gasteiger partial charge on any atom is -0.339 e. The lowest BCUT2D eigenvalue weighted by atomic mass is 9.85. The summed E-state index contributed by atoms with van der Waals surface area (Å²) in [5.74, 6) is 0.147. The number of rotatable bonds is 3. The van der Waals surface area contributed by atoms with E-state index in [1.807, 2.05) is 11.9 Å². The second-order valence-electron chi connectivity index (χ2n) is 6.93. The standard InChI is InChI=1S/C17H26N2O/c1-17(2,3)15(18)11-16(20)19(4)14-10-9-12-7-5-6-8-13(12)14/h5-8,14-15H,9-11,18H2,1-4H3. The molecule has 0 radical (unpaired) electrons. The number of carbonyl (C=O) groups excluding carboxylic acids is 1. The van der Waals surface area contributed by atoms with Crippen molar-refractivity contribution in [1.29, 1.82) is 0 Å². The van der Waals surface area contributed by atoms with Crippen LogP contribution in [0.3, 0.4) is 0 Å². The minimum absolute atomic E-state index is 0.0376. The third kappa shape index (κ3) is 3.04. The largest absolute Gasteiger partial charge is 0.339 e. The van der Waals surface area contributed by atoms with E-state index in [1.165, 1.54) is 11.1 Å². The van der Waals surface area contributed by atoms with E-state index in [0.29, 0.717) is 6.42 Å². The van der Waals surface area contributed by atoms with Crippen molar-refractivity contribution in [2.45, 2.75) is 52.1 Å². The van der Waals surface area contributed by atoms with E-state index >= 15 is 0 Å². The number of benzene rings is 1. The molecule has 2 rings (SSSR count). The Morgan fingerprint density at radius 2 is 2.05 bits per heavy atom. The highest BCUT2D eigenvalue weighted by Gasteiger charge is 2.30.